The van der Waals surface area contributed by atoms with Crippen molar-refractivity contribution in [3.8, 4) is 0 Å². The van der Waals surface area contributed by atoms with Crippen molar-refractivity contribution < 1.29 is 29.0 Å². The van der Waals surface area contributed by atoms with Crippen LogP contribution in [0.4, 0.5) is 0 Å². The minimum Gasteiger partial charge on any atom is -0.465 e. The van der Waals surface area contributed by atoms with E-state index in [0.29, 0.717) is 25.9 Å². The number of nitrogens with zero attached hydrogens (tertiary/aromatic N) is 2. The summed E-state index contributed by atoms with van der Waals surface area (Å²) in [6.45, 7) is 8.82. The molecule has 4 aliphatic rings. The monoisotopic (exact) mass is 474 g/mol. The highest BCUT2D eigenvalue weighted by Crippen LogP contribution is 2.58. The maximum Gasteiger partial charge on any atom is 0.313 e. The van der Waals surface area contributed by atoms with Crippen molar-refractivity contribution in [3.05, 3.63) is 24.3 Å². The summed E-state index contributed by atoms with van der Waals surface area (Å²) in [4.78, 5) is 44.9. The molecule has 1 spiro atoms. The fraction of sp³-hybridized carbons (Fsp3) is 0.731. The van der Waals surface area contributed by atoms with Crippen molar-refractivity contribution in [1.29, 1.82) is 0 Å². The Hall–Kier alpha value is -2.19. The zero-order valence-corrected chi connectivity index (χ0v) is 20.7. The van der Waals surface area contributed by atoms with Crippen LogP contribution in [0.3, 0.4) is 0 Å². The Labute approximate surface area is 201 Å². The van der Waals surface area contributed by atoms with Crippen LogP contribution >= 0.6 is 0 Å². The van der Waals surface area contributed by atoms with E-state index in [1.165, 1.54) is 4.90 Å². The first-order valence-corrected chi connectivity index (χ1v) is 12.7. The van der Waals surface area contributed by atoms with Crippen LogP contribution < -0.4 is 0 Å². The van der Waals surface area contributed by atoms with Crippen LogP contribution in [0.15, 0.2) is 24.3 Å². The summed E-state index contributed by atoms with van der Waals surface area (Å²) in [5, 5.41) is 10.3. The van der Waals surface area contributed by atoms with Crippen LogP contribution in [-0.4, -0.2) is 82.3 Å². The Morgan fingerprint density at radius 3 is 2.53 bits per heavy atom. The molecule has 2 amide bonds. The fourth-order valence-electron chi connectivity index (χ4n) is 6.24. The third-order valence-corrected chi connectivity index (χ3v) is 8.02. The Bertz CT molecular complexity index is 885. The molecule has 4 heterocycles. The number of hydrogen-bond acceptors (Lipinski definition) is 6. The Morgan fingerprint density at radius 1 is 1.12 bits per heavy atom. The summed E-state index contributed by atoms with van der Waals surface area (Å²) in [6.07, 6.45) is 10.4. The molecular formula is C26H38N2O6. The summed E-state index contributed by atoms with van der Waals surface area (Å²) in [5.41, 5.74) is -2.33. The molecule has 8 nitrogen and oxygen atoms in total. The summed E-state index contributed by atoms with van der Waals surface area (Å²) in [7, 11) is 0. The number of amides is 2. The number of unbranched alkanes of at least 4 members (excludes halogenated alkanes) is 1. The molecule has 0 radical (unpaired) electrons. The smallest absolute Gasteiger partial charge is 0.313 e. The molecule has 34 heavy (non-hydrogen) atoms. The number of ether oxygens (including phenoxy) is 2. The van der Waals surface area contributed by atoms with E-state index in [1.807, 2.05) is 45.1 Å². The number of aliphatic hydroxyl groups is 1. The normalized spacial score (nSPS) is 36.1. The largest absolute Gasteiger partial charge is 0.465 e. The van der Waals surface area contributed by atoms with Crippen LogP contribution in [0.5, 0.6) is 0 Å². The molecule has 2 saturated heterocycles. The maximum absolute atomic E-state index is 14.2. The van der Waals surface area contributed by atoms with Crippen LogP contribution in [0.2, 0.25) is 0 Å². The molecule has 0 aromatic rings. The number of cyclic esters (lactones) is 1. The number of esters is 1. The van der Waals surface area contributed by atoms with E-state index >= 15 is 0 Å². The van der Waals surface area contributed by atoms with Crippen molar-refractivity contribution in [1.82, 2.24) is 9.80 Å². The van der Waals surface area contributed by atoms with Gasteiger partial charge in [-0.3, -0.25) is 14.4 Å². The number of carbonyl (C=O) groups is 3. The molecule has 1 unspecified atom stereocenters. The van der Waals surface area contributed by atoms with Crippen LogP contribution in [0.1, 0.15) is 53.4 Å². The van der Waals surface area contributed by atoms with E-state index in [-0.39, 0.29) is 30.9 Å². The van der Waals surface area contributed by atoms with E-state index < -0.39 is 41.1 Å². The lowest BCUT2D eigenvalue weighted by Gasteiger charge is -2.42. The van der Waals surface area contributed by atoms with E-state index in [2.05, 4.69) is 6.92 Å². The second kappa shape index (κ2) is 9.46. The lowest BCUT2D eigenvalue weighted by molar-refractivity contribution is -0.164. The molecule has 188 valence electrons. The van der Waals surface area contributed by atoms with Gasteiger partial charge in [-0.05, 0) is 25.2 Å². The van der Waals surface area contributed by atoms with Gasteiger partial charge in [0, 0.05) is 13.1 Å². The van der Waals surface area contributed by atoms with Crippen LogP contribution in [0.25, 0.3) is 0 Å². The number of carbonyl (C=O) groups excluding carboxylic acids is 3. The number of rotatable bonds is 7. The first-order valence-electron chi connectivity index (χ1n) is 12.7. The second-order valence-corrected chi connectivity index (χ2v) is 10.3. The van der Waals surface area contributed by atoms with Crippen molar-refractivity contribution in [3.63, 3.8) is 0 Å². The highest BCUT2D eigenvalue weighted by atomic mass is 16.6. The number of fused-ring (bicyclic) bond motifs is 2. The van der Waals surface area contributed by atoms with Gasteiger partial charge in [-0.15, -0.1) is 0 Å². The lowest BCUT2D eigenvalue weighted by Crippen LogP contribution is -2.59. The molecule has 0 bridgehead atoms. The average molecular weight is 475 g/mol. The molecule has 4 rings (SSSR count). The topological polar surface area (TPSA) is 96.4 Å². The third-order valence-electron chi connectivity index (χ3n) is 8.02. The SMILES string of the molecule is CCCCN1CC=C[C@]23O[C@]4(CC)C=CCCOC(=O)[C@@H]4[C@H]2C(=O)N([C@@H](CO)C(C)C)C3C1=O. The first kappa shape index (κ1) is 24.9. The van der Waals surface area contributed by atoms with Crippen molar-refractivity contribution in [2.45, 2.75) is 76.7 Å². The Balaban J connectivity index is 1.90. The molecule has 0 aliphatic carbocycles. The molecular weight excluding hydrogens is 436 g/mol. The van der Waals surface area contributed by atoms with Crippen LogP contribution in [0, 0.1) is 17.8 Å². The predicted octanol–water partition coefficient (Wildman–Crippen LogP) is 2.07. The second-order valence-electron chi connectivity index (χ2n) is 10.3. The van der Waals surface area contributed by atoms with Crippen molar-refractivity contribution in [2.24, 2.45) is 17.8 Å². The minimum absolute atomic E-state index is 0.0888. The first-order chi connectivity index (χ1) is 16.3. The van der Waals surface area contributed by atoms with Gasteiger partial charge >= 0.3 is 5.97 Å². The van der Waals surface area contributed by atoms with E-state index in [4.69, 9.17) is 9.47 Å². The minimum atomic E-state index is -1.30. The molecule has 6 atom stereocenters. The zero-order chi connectivity index (χ0) is 24.7. The number of likely N-dealkylation sites (tertiary alicyclic amines) is 1. The molecule has 4 aliphatic heterocycles. The van der Waals surface area contributed by atoms with Gasteiger partial charge in [-0.25, -0.2) is 0 Å². The molecule has 8 heteroatoms. The van der Waals surface area contributed by atoms with Gasteiger partial charge in [-0.2, -0.15) is 0 Å². The van der Waals surface area contributed by atoms with Gasteiger partial charge in [0.1, 0.15) is 23.2 Å². The fourth-order valence-corrected chi connectivity index (χ4v) is 6.24. The highest BCUT2D eigenvalue weighted by Gasteiger charge is 2.76. The van der Waals surface area contributed by atoms with Crippen LogP contribution in [-0.2, 0) is 23.9 Å². The summed E-state index contributed by atoms with van der Waals surface area (Å²) in [5.74, 6) is -2.81. The molecule has 0 aromatic carbocycles. The molecule has 2 fully saturated rings. The molecule has 0 aromatic heterocycles. The standard InChI is InChI=1S/C26H38N2O6/c1-5-7-13-27-14-10-12-26-19(20-24(32)33-15-9-8-11-25(20,6-2)34-26)22(30)28(21(26)23(27)31)18(16-29)17(3)4/h8,10-12,17-21,29H,5-7,9,13-16H2,1-4H3/t18-,19-,20-,21?,25+,26-/m0/s1. The summed E-state index contributed by atoms with van der Waals surface area (Å²) < 4.78 is 12.4. The maximum atomic E-state index is 14.2. The van der Waals surface area contributed by atoms with Gasteiger partial charge in [0.05, 0.1) is 25.2 Å². The van der Waals surface area contributed by atoms with Gasteiger partial charge in [-0.1, -0.05) is 58.4 Å². The average Bonchev–Trinajstić information content (AvgIpc) is 3.15. The zero-order valence-electron chi connectivity index (χ0n) is 20.7. The van der Waals surface area contributed by atoms with Gasteiger partial charge in [0.2, 0.25) is 11.8 Å². The van der Waals surface area contributed by atoms with Crippen molar-refractivity contribution >= 4 is 17.8 Å². The Morgan fingerprint density at radius 2 is 1.88 bits per heavy atom. The number of aliphatic hydroxyl groups excluding tert-OH is 1. The molecule has 0 saturated carbocycles. The van der Waals surface area contributed by atoms with Gasteiger partial charge < -0.3 is 24.4 Å². The predicted molar refractivity (Wildman–Crippen MR) is 126 cm³/mol. The molecule has 1 N–H and O–H groups in total. The highest BCUT2D eigenvalue weighted by molar-refractivity contribution is 5.99. The summed E-state index contributed by atoms with van der Waals surface area (Å²) in [6, 6.07) is -1.51. The van der Waals surface area contributed by atoms with Crippen molar-refractivity contribution in [2.75, 3.05) is 26.3 Å². The van der Waals surface area contributed by atoms with Gasteiger partial charge in [0.15, 0.2) is 0 Å². The number of hydrogen-bond donors (Lipinski definition) is 1. The lowest BCUT2D eigenvalue weighted by atomic mass is 9.73. The Kier molecular flexibility index (Phi) is 6.93. The quantitative estimate of drug-likeness (QED) is 0.448. The van der Waals surface area contributed by atoms with E-state index in [0.717, 1.165) is 12.8 Å². The third kappa shape index (κ3) is 3.61. The van der Waals surface area contributed by atoms with E-state index in [9.17, 15) is 19.5 Å². The van der Waals surface area contributed by atoms with Gasteiger partial charge in [0.25, 0.3) is 0 Å². The van der Waals surface area contributed by atoms with E-state index in [1.54, 1.807) is 4.90 Å². The summed E-state index contributed by atoms with van der Waals surface area (Å²) >= 11 is 0.